The maximum atomic E-state index is 8.53. The molecule has 0 aliphatic heterocycles. The molecule has 1 nitrogen and oxygen atoms in total. The average molecular weight is 220 g/mol. The molecule has 0 unspecified atom stereocenters. The third-order valence-corrected chi connectivity index (χ3v) is 2.41. The van der Waals surface area contributed by atoms with Crippen LogP contribution in [0.3, 0.4) is 0 Å². The molecule has 1 N–H and O–H groups in total. The average Bonchev–Trinajstić information content (AvgIpc) is 2.17. The maximum absolute atomic E-state index is 8.53. The van der Waals surface area contributed by atoms with Crippen molar-refractivity contribution >= 4 is 0 Å². The van der Waals surface area contributed by atoms with Crippen molar-refractivity contribution < 1.29 is 5.11 Å². The quantitative estimate of drug-likeness (QED) is 0.376. The molecule has 1 heteroatoms. The lowest BCUT2D eigenvalue weighted by atomic mass is 10.1. The topological polar surface area (TPSA) is 20.2 Å². The predicted octanol–water partition coefficient (Wildman–Crippen LogP) is 5.08. The molecule has 0 heterocycles. The minimum atomic E-state index is 0.969. The van der Waals surface area contributed by atoms with Crippen molar-refractivity contribution in [2.45, 2.75) is 53.4 Å². The molecular weight excluding hydrogens is 196 g/mol. The van der Waals surface area contributed by atoms with Crippen LogP contribution in [-0.4, -0.2) is 5.11 Å². The Kier molecular flexibility index (Phi) is 8.38. The summed E-state index contributed by atoms with van der Waals surface area (Å²) in [6.07, 6.45) is 9.82. The van der Waals surface area contributed by atoms with Gasteiger partial charge in [0.1, 0.15) is 6.26 Å². The van der Waals surface area contributed by atoms with Gasteiger partial charge in [-0.15, -0.1) is 0 Å². The van der Waals surface area contributed by atoms with E-state index in [0.29, 0.717) is 0 Å². The maximum Gasteiger partial charge on any atom is 0.121 e. The Labute approximate surface area is 99.9 Å². The van der Waals surface area contributed by atoms with Gasteiger partial charge in [-0.1, -0.05) is 29.0 Å². The normalized spacial score (nSPS) is 10.6. The highest BCUT2D eigenvalue weighted by Crippen LogP contribution is 2.10. The van der Waals surface area contributed by atoms with Gasteiger partial charge in [0.05, 0.1) is 0 Å². The fraction of sp³-hybridized carbons (Fsp3) is 0.533. The molecule has 0 atom stereocenters. The van der Waals surface area contributed by atoms with E-state index < -0.39 is 0 Å². The van der Waals surface area contributed by atoms with E-state index in [0.717, 1.165) is 37.5 Å². The third kappa shape index (κ3) is 9.36. The Morgan fingerprint density at radius 1 is 1.00 bits per heavy atom. The van der Waals surface area contributed by atoms with Crippen LogP contribution in [-0.2, 0) is 0 Å². The Hall–Kier alpha value is -1.20. The number of rotatable bonds is 6. The molecule has 0 spiro atoms. The van der Waals surface area contributed by atoms with Crippen LogP contribution in [0.25, 0.3) is 0 Å². The van der Waals surface area contributed by atoms with Crippen LogP contribution in [0.4, 0.5) is 0 Å². The summed E-state index contributed by atoms with van der Waals surface area (Å²) in [4.78, 5) is 0. The lowest BCUT2D eigenvalue weighted by molar-refractivity contribution is 0.474. The van der Waals surface area contributed by atoms with E-state index in [1.54, 1.807) is 0 Å². The second-order valence-electron chi connectivity index (χ2n) is 4.46. The molecule has 90 valence electrons. The largest absolute Gasteiger partial charge is 0.507 e. The van der Waals surface area contributed by atoms with Crippen molar-refractivity contribution in [3.05, 3.63) is 40.9 Å². The first-order chi connectivity index (χ1) is 7.56. The Bertz CT molecular complexity index is 308. The number of aliphatic hydroxyl groups excluding tert-OH is 1. The fourth-order valence-corrected chi connectivity index (χ4v) is 1.41. The van der Waals surface area contributed by atoms with Crippen LogP contribution in [0.5, 0.6) is 0 Å². The van der Waals surface area contributed by atoms with Crippen molar-refractivity contribution in [1.82, 2.24) is 0 Å². The lowest BCUT2D eigenvalue weighted by Gasteiger charge is -1.99. The molecule has 0 aliphatic rings. The van der Waals surface area contributed by atoms with Crippen LogP contribution in [0.15, 0.2) is 40.9 Å². The molecular formula is C15H24O. The summed E-state index contributed by atoms with van der Waals surface area (Å²) < 4.78 is 0. The summed E-state index contributed by atoms with van der Waals surface area (Å²) in [5.41, 5.74) is 6.71. The predicted molar refractivity (Wildman–Crippen MR) is 71.6 cm³/mol. The van der Waals surface area contributed by atoms with E-state index in [1.165, 1.54) is 11.1 Å². The second kappa shape index (κ2) is 9.06. The first-order valence-corrected chi connectivity index (χ1v) is 5.90. The van der Waals surface area contributed by atoms with Gasteiger partial charge in [0.25, 0.3) is 0 Å². The summed E-state index contributed by atoms with van der Waals surface area (Å²) in [7, 11) is 0. The van der Waals surface area contributed by atoms with Crippen molar-refractivity contribution in [3.8, 4) is 0 Å². The first-order valence-electron chi connectivity index (χ1n) is 5.90. The fourth-order valence-electron chi connectivity index (χ4n) is 1.41. The van der Waals surface area contributed by atoms with E-state index in [2.05, 4.69) is 38.7 Å². The highest BCUT2D eigenvalue weighted by molar-refractivity contribution is 5.04. The standard InChI is InChI=1S/C15H24O/c1-13(2)7-5-8-14(3)9-6-10-15(4)11-12-16/h7,9,12,16H,5-6,8,10H2,1-4H3. The minimum absolute atomic E-state index is 0.969. The molecule has 0 radical (unpaired) electrons. The van der Waals surface area contributed by atoms with E-state index >= 15 is 0 Å². The minimum Gasteiger partial charge on any atom is -0.507 e. The highest BCUT2D eigenvalue weighted by Gasteiger charge is 1.90. The molecule has 0 saturated carbocycles. The van der Waals surface area contributed by atoms with Crippen LogP contribution >= 0.6 is 0 Å². The molecule has 0 aromatic heterocycles. The van der Waals surface area contributed by atoms with E-state index in [-0.39, 0.29) is 0 Å². The third-order valence-electron chi connectivity index (χ3n) is 2.41. The number of hydrogen-bond donors (Lipinski definition) is 1. The van der Waals surface area contributed by atoms with Crippen molar-refractivity contribution in [2.24, 2.45) is 0 Å². The number of aliphatic hydroxyl groups is 1. The van der Waals surface area contributed by atoms with E-state index in [4.69, 9.17) is 5.11 Å². The monoisotopic (exact) mass is 220 g/mol. The molecule has 0 rings (SSSR count). The number of hydrogen-bond acceptors (Lipinski definition) is 1. The zero-order chi connectivity index (χ0) is 12.4. The summed E-state index contributed by atoms with van der Waals surface area (Å²) >= 11 is 0. The zero-order valence-electron chi connectivity index (χ0n) is 11.0. The molecule has 0 bridgehead atoms. The smallest absolute Gasteiger partial charge is 0.121 e. The number of allylic oxidation sites excluding steroid dienone is 5. The van der Waals surface area contributed by atoms with Crippen molar-refractivity contribution in [3.63, 3.8) is 0 Å². The second-order valence-corrected chi connectivity index (χ2v) is 4.46. The molecule has 0 amide bonds. The SMILES string of the molecule is CC(=C=CO)CCC=C(C)CCC=C(C)C. The van der Waals surface area contributed by atoms with Gasteiger partial charge in [0, 0.05) is 0 Å². The van der Waals surface area contributed by atoms with Gasteiger partial charge in [0.2, 0.25) is 0 Å². The van der Waals surface area contributed by atoms with E-state index in [9.17, 15) is 0 Å². The molecule has 0 aromatic carbocycles. The Morgan fingerprint density at radius 3 is 2.19 bits per heavy atom. The van der Waals surface area contributed by atoms with E-state index in [1.807, 2.05) is 6.92 Å². The van der Waals surface area contributed by atoms with Crippen molar-refractivity contribution in [1.29, 1.82) is 0 Å². The first kappa shape index (κ1) is 14.8. The van der Waals surface area contributed by atoms with Gasteiger partial charge in [-0.3, -0.25) is 0 Å². The van der Waals surface area contributed by atoms with Crippen LogP contribution in [0.1, 0.15) is 53.4 Å². The van der Waals surface area contributed by atoms with Crippen LogP contribution < -0.4 is 0 Å². The molecule has 16 heavy (non-hydrogen) atoms. The van der Waals surface area contributed by atoms with Gasteiger partial charge < -0.3 is 5.11 Å². The van der Waals surface area contributed by atoms with Gasteiger partial charge in [-0.05, 0) is 59.0 Å². The van der Waals surface area contributed by atoms with Gasteiger partial charge >= 0.3 is 0 Å². The van der Waals surface area contributed by atoms with Crippen LogP contribution in [0.2, 0.25) is 0 Å². The van der Waals surface area contributed by atoms with Gasteiger partial charge in [-0.25, -0.2) is 0 Å². The summed E-state index contributed by atoms with van der Waals surface area (Å²) in [5, 5.41) is 8.53. The molecule has 0 aromatic rings. The van der Waals surface area contributed by atoms with Gasteiger partial charge in [0.15, 0.2) is 0 Å². The van der Waals surface area contributed by atoms with Crippen molar-refractivity contribution in [2.75, 3.05) is 0 Å². The summed E-state index contributed by atoms with van der Waals surface area (Å²) in [6.45, 7) is 8.43. The zero-order valence-corrected chi connectivity index (χ0v) is 11.0. The highest BCUT2D eigenvalue weighted by atomic mass is 16.2. The Morgan fingerprint density at radius 2 is 1.62 bits per heavy atom. The van der Waals surface area contributed by atoms with Crippen LogP contribution in [0, 0.1) is 0 Å². The molecule has 0 fully saturated rings. The summed E-state index contributed by atoms with van der Waals surface area (Å²) in [6, 6.07) is 0. The molecule has 0 saturated heterocycles. The van der Waals surface area contributed by atoms with Gasteiger partial charge in [-0.2, -0.15) is 0 Å². The summed E-state index contributed by atoms with van der Waals surface area (Å²) in [5.74, 6) is 0. The lowest BCUT2D eigenvalue weighted by Crippen LogP contribution is -1.79. The Balaban J connectivity index is 3.88. The molecule has 0 aliphatic carbocycles.